The van der Waals surface area contributed by atoms with Crippen LogP contribution in [-0.2, 0) is 17.2 Å². The van der Waals surface area contributed by atoms with E-state index in [0.717, 1.165) is 22.5 Å². The Morgan fingerprint density at radius 3 is 2.13 bits per heavy atom. The molecule has 0 saturated heterocycles. The zero-order valence-electron chi connectivity index (χ0n) is 16.3. The molecule has 9 heteroatoms. The summed E-state index contributed by atoms with van der Waals surface area (Å²) in [6, 6.07) is 18.3. The van der Waals surface area contributed by atoms with Crippen LogP contribution < -0.4 is 4.40 Å². The van der Waals surface area contributed by atoms with Gasteiger partial charge in [0.1, 0.15) is 16.3 Å². The van der Waals surface area contributed by atoms with Crippen LogP contribution in [0.3, 0.4) is 0 Å². The number of nitro groups is 1. The van der Waals surface area contributed by atoms with Gasteiger partial charge in [0.05, 0.1) is 23.1 Å². The van der Waals surface area contributed by atoms with Gasteiger partial charge in [-0.05, 0) is 37.3 Å². The molecule has 4 rings (SSSR count). The first kappa shape index (κ1) is 21.2. The largest absolute Gasteiger partial charge is 0.744 e. The highest BCUT2D eigenvalue weighted by molar-refractivity contribution is 7.85. The number of hydrogen-bond acceptors (Lipinski definition) is 5. The van der Waals surface area contributed by atoms with Gasteiger partial charge in [0, 0.05) is 23.8 Å². The molecule has 0 radical (unpaired) electrons. The third-order valence-electron chi connectivity index (χ3n) is 4.52. The standard InChI is InChI=1S/C14H12N3O2.C7H8O3S/c1-15-13(10-16-9-3-2-4-14(15)16)11-5-7-12(8-6-11)17(18)19;1-6-2-4-7(5-3-6)11(8,9)10/h2-10H,1H3;2-5H,1H3,(H,8,9,10)/q+1;/p-1. The maximum atomic E-state index is 10.7. The van der Waals surface area contributed by atoms with Crippen molar-refractivity contribution in [2.45, 2.75) is 11.8 Å². The van der Waals surface area contributed by atoms with Gasteiger partial charge in [0.15, 0.2) is 5.69 Å². The Morgan fingerprint density at radius 2 is 1.60 bits per heavy atom. The van der Waals surface area contributed by atoms with Crippen LogP contribution in [0.25, 0.3) is 16.9 Å². The molecule has 0 amide bonds. The molecule has 0 spiro atoms. The average molecular weight is 425 g/mol. The Balaban J connectivity index is 0.000000199. The fourth-order valence-corrected chi connectivity index (χ4v) is 3.38. The van der Waals surface area contributed by atoms with Crippen molar-refractivity contribution in [3.8, 4) is 11.3 Å². The van der Waals surface area contributed by atoms with Gasteiger partial charge in [-0.15, -0.1) is 0 Å². The Morgan fingerprint density at radius 1 is 0.967 bits per heavy atom. The maximum absolute atomic E-state index is 10.7. The lowest BCUT2D eigenvalue weighted by molar-refractivity contribution is -0.510. The molecule has 0 aliphatic heterocycles. The van der Waals surface area contributed by atoms with Crippen LogP contribution in [-0.4, -0.2) is 22.5 Å². The Bertz CT molecular complexity index is 1290. The predicted octanol–water partition coefficient (Wildman–Crippen LogP) is 3.24. The van der Waals surface area contributed by atoms with E-state index in [0.29, 0.717) is 0 Å². The fraction of sp³-hybridized carbons (Fsp3) is 0.0952. The molecule has 2 aromatic carbocycles. The van der Waals surface area contributed by atoms with Gasteiger partial charge in [0.2, 0.25) is 0 Å². The molecule has 0 N–H and O–H groups in total. The number of hydrogen-bond donors (Lipinski definition) is 0. The van der Waals surface area contributed by atoms with E-state index in [1.807, 2.05) is 49.0 Å². The third kappa shape index (κ3) is 4.70. The Kier molecular flexibility index (Phi) is 5.95. The van der Waals surface area contributed by atoms with Crippen molar-refractivity contribution in [3.05, 3.63) is 94.8 Å². The smallest absolute Gasteiger partial charge is 0.286 e. The number of aromatic nitrogens is 2. The lowest BCUT2D eigenvalue weighted by Gasteiger charge is -2.05. The molecule has 0 unspecified atom stereocenters. The quantitative estimate of drug-likeness (QED) is 0.217. The number of fused-ring (bicyclic) bond motifs is 1. The van der Waals surface area contributed by atoms with E-state index in [2.05, 4.69) is 4.57 Å². The number of rotatable bonds is 3. The van der Waals surface area contributed by atoms with E-state index in [-0.39, 0.29) is 15.5 Å². The molecule has 0 aliphatic rings. The second kappa shape index (κ2) is 8.44. The van der Waals surface area contributed by atoms with E-state index in [1.165, 1.54) is 24.3 Å². The molecular formula is C21H19N3O5S. The van der Waals surface area contributed by atoms with Crippen molar-refractivity contribution in [3.63, 3.8) is 0 Å². The number of imidazole rings is 1. The van der Waals surface area contributed by atoms with Gasteiger partial charge in [-0.2, -0.15) is 0 Å². The number of nitro benzene ring substituents is 1. The van der Waals surface area contributed by atoms with Crippen LogP contribution in [0.2, 0.25) is 0 Å². The molecule has 0 saturated carbocycles. The lowest BCUT2D eigenvalue weighted by Crippen LogP contribution is -2.17. The van der Waals surface area contributed by atoms with Crippen molar-refractivity contribution in [2.24, 2.45) is 7.05 Å². The second-order valence-corrected chi connectivity index (χ2v) is 7.99. The van der Waals surface area contributed by atoms with Gasteiger partial charge < -0.3 is 4.55 Å². The van der Waals surface area contributed by atoms with Crippen molar-refractivity contribution < 1.29 is 22.3 Å². The number of non-ortho nitro benzene ring substituents is 1. The van der Waals surface area contributed by atoms with Crippen molar-refractivity contribution >= 4 is 21.5 Å². The van der Waals surface area contributed by atoms with Crippen molar-refractivity contribution in [1.29, 1.82) is 0 Å². The summed E-state index contributed by atoms with van der Waals surface area (Å²) in [4.78, 5) is 10.1. The summed E-state index contributed by atoms with van der Waals surface area (Å²) in [5, 5.41) is 10.7. The molecule has 0 aliphatic carbocycles. The summed E-state index contributed by atoms with van der Waals surface area (Å²) >= 11 is 0. The van der Waals surface area contributed by atoms with Crippen LogP contribution in [0.4, 0.5) is 5.69 Å². The first-order valence-electron chi connectivity index (χ1n) is 8.90. The summed E-state index contributed by atoms with van der Waals surface area (Å²) in [6.45, 7) is 1.82. The van der Waals surface area contributed by atoms with Gasteiger partial charge in [-0.3, -0.25) is 10.1 Å². The highest BCUT2D eigenvalue weighted by Crippen LogP contribution is 2.22. The molecule has 8 nitrogen and oxygen atoms in total. The van der Waals surface area contributed by atoms with Crippen LogP contribution in [0, 0.1) is 17.0 Å². The molecular weight excluding hydrogens is 406 g/mol. The molecule has 0 bridgehead atoms. The SMILES string of the molecule is Cc1ccc(S(=O)(=O)[O-])cc1.Cn1c(-c2ccc([N+](=O)[O-])cc2)c[n+]2ccccc12. The molecule has 154 valence electrons. The van der Waals surface area contributed by atoms with Gasteiger partial charge in [-0.25, -0.2) is 17.4 Å². The molecule has 4 aromatic rings. The van der Waals surface area contributed by atoms with Crippen LogP contribution in [0.15, 0.2) is 84.0 Å². The van der Waals surface area contributed by atoms with E-state index in [9.17, 15) is 23.1 Å². The summed E-state index contributed by atoms with van der Waals surface area (Å²) < 4.78 is 35.2. The fourth-order valence-electron chi connectivity index (χ4n) is 2.91. The monoisotopic (exact) mass is 425 g/mol. The second-order valence-electron chi connectivity index (χ2n) is 6.61. The molecule has 30 heavy (non-hydrogen) atoms. The van der Waals surface area contributed by atoms with Gasteiger partial charge in [0.25, 0.3) is 11.3 Å². The predicted molar refractivity (Wildman–Crippen MR) is 110 cm³/mol. The topological polar surface area (TPSA) is 109 Å². The maximum Gasteiger partial charge on any atom is 0.286 e. The summed E-state index contributed by atoms with van der Waals surface area (Å²) in [5.74, 6) is 0. The number of benzene rings is 2. The molecule has 0 atom stereocenters. The minimum atomic E-state index is -4.27. The normalized spacial score (nSPS) is 11.0. The van der Waals surface area contributed by atoms with Crippen LogP contribution in [0.5, 0.6) is 0 Å². The Hall–Kier alpha value is -3.56. The van der Waals surface area contributed by atoms with E-state index >= 15 is 0 Å². The molecule has 2 aromatic heterocycles. The number of aryl methyl sites for hydroxylation is 2. The summed E-state index contributed by atoms with van der Waals surface area (Å²) in [5.41, 5.74) is 4.07. The van der Waals surface area contributed by atoms with Crippen molar-refractivity contribution in [1.82, 2.24) is 4.57 Å². The lowest BCUT2D eigenvalue weighted by atomic mass is 10.1. The summed E-state index contributed by atoms with van der Waals surface area (Å²) in [6.07, 6.45) is 3.99. The van der Waals surface area contributed by atoms with E-state index in [1.54, 1.807) is 24.3 Å². The number of pyridine rings is 1. The third-order valence-corrected chi connectivity index (χ3v) is 5.37. The van der Waals surface area contributed by atoms with E-state index < -0.39 is 10.1 Å². The highest BCUT2D eigenvalue weighted by Gasteiger charge is 2.16. The zero-order chi connectivity index (χ0) is 21.9. The first-order chi connectivity index (χ1) is 14.2. The molecule has 0 fully saturated rings. The van der Waals surface area contributed by atoms with Crippen molar-refractivity contribution in [2.75, 3.05) is 0 Å². The van der Waals surface area contributed by atoms with Gasteiger partial charge >= 0.3 is 0 Å². The zero-order valence-corrected chi connectivity index (χ0v) is 17.1. The Labute approximate surface area is 173 Å². The first-order valence-corrected chi connectivity index (χ1v) is 10.3. The number of nitrogens with zero attached hydrogens (tertiary/aromatic N) is 3. The minimum absolute atomic E-state index is 0.107. The van der Waals surface area contributed by atoms with Gasteiger partial charge in [-0.1, -0.05) is 23.8 Å². The van der Waals surface area contributed by atoms with Crippen LogP contribution in [0.1, 0.15) is 5.56 Å². The minimum Gasteiger partial charge on any atom is -0.744 e. The summed E-state index contributed by atoms with van der Waals surface area (Å²) in [7, 11) is -2.29. The van der Waals surface area contributed by atoms with Crippen LogP contribution >= 0.6 is 0 Å². The van der Waals surface area contributed by atoms with E-state index in [4.69, 9.17) is 0 Å². The molecule has 2 heterocycles. The average Bonchev–Trinajstić information content (AvgIpc) is 3.05. The highest BCUT2D eigenvalue weighted by atomic mass is 32.2.